The second-order valence-electron chi connectivity index (χ2n) is 5.02. The summed E-state index contributed by atoms with van der Waals surface area (Å²) in [5.41, 5.74) is 0. The number of hydrogen-bond donors (Lipinski definition) is 0. The van der Waals surface area contributed by atoms with Gasteiger partial charge in [-0.3, -0.25) is 0 Å². The summed E-state index contributed by atoms with van der Waals surface area (Å²) in [7, 11) is -3.53. The number of alkyl halides is 1. The van der Waals surface area contributed by atoms with E-state index in [9.17, 15) is 8.42 Å². The molecule has 1 saturated heterocycles. The standard InChI is InChI=1S/C13H16Cl3NO2S/c1-9(14)10-2-4-17(5-3-10)20(18,19)13-7-11(15)6-12(16)8-13/h6-10H,2-5H2,1H3. The summed E-state index contributed by atoms with van der Waals surface area (Å²) < 4.78 is 26.6. The molecule has 20 heavy (non-hydrogen) atoms. The number of sulfonamides is 1. The largest absolute Gasteiger partial charge is 0.243 e. The number of piperidine rings is 1. The normalized spacial score (nSPS) is 20.0. The Kier molecular flexibility index (Phi) is 5.24. The van der Waals surface area contributed by atoms with Crippen LogP contribution >= 0.6 is 34.8 Å². The summed E-state index contributed by atoms with van der Waals surface area (Å²) in [6.45, 7) is 2.91. The molecule has 0 amide bonds. The maximum absolute atomic E-state index is 12.5. The Labute approximate surface area is 134 Å². The van der Waals surface area contributed by atoms with Gasteiger partial charge in [0.1, 0.15) is 0 Å². The van der Waals surface area contributed by atoms with Crippen molar-refractivity contribution in [2.24, 2.45) is 5.92 Å². The predicted octanol–water partition coefficient (Wildman–Crippen LogP) is 4.02. The molecule has 3 nitrogen and oxygen atoms in total. The van der Waals surface area contributed by atoms with E-state index in [1.165, 1.54) is 22.5 Å². The average Bonchev–Trinajstić information content (AvgIpc) is 2.37. The summed E-state index contributed by atoms with van der Waals surface area (Å²) in [5.74, 6) is 0.367. The lowest BCUT2D eigenvalue weighted by atomic mass is 9.95. The molecule has 112 valence electrons. The van der Waals surface area contributed by atoms with E-state index in [2.05, 4.69) is 0 Å². The Morgan fingerprint density at radius 2 is 1.65 bits per heavy atom. The summed E-state index contributed by atoms with van der Waals surface area (Å²) >= 11 is 17.8. The SMILES string of the molecule is CC(Cl)C1CCN(S(=O)(=O)c2cc(Cl)cc(Cl)c2)CC1. The summed E-state index contributed by atoms with van der Waals surface area (Å²) in [6, 6.07) is 4.38. The van der Waals surface area contributed by atoms with Crippen molar-refractivity contribution in [3.8, 4) is 0 Å². The average molecular weight is 357 g/mol. The fourth-order valence-corrected chi connectivity index (χ4v) is 4.85. The van der Waals surface area contributed by atoms with Crippen LogP contribution in [0.2, 0.25) is 10.0 Å². The molecule has 7 heteroatoms. The second-order valence-corrected chi connectivity index (χ2v) is 8.52. The number of nitrogens with zero attached hydrogens (tertiary/aromatic N) is 1. The van der Waals surface area contributed by atoms with Crippen LogP contribution < -0.4 is 0 Å². The van der Waals surface area contributed by atoms with Gasteiger partial charge in [0, 0.05) is 28.5 Å². The van der Waals surface area contributed by atoms with Gasteiger partial charge in [-0.15, -0.1) is 11.6 Å². The molecular formula is C13H16Cl3NO2S. The Balaban J connectivity index is 2.19. The third-order valence-electron chi connectivity index (χ3n) is 3.62. The maximum atomic E-state index is 12.5. The number of benzene rings is 1. The molecule has 0 aromatic heterocycles. The molecular weight excluding hydrogens is 341 g/mol. The van der Waals surface area contributed by atoms with Crippen molar-refractivity contribution in [2.75, 3.05) is 13.1 Å². The molecule has 0 N–H and O–H groups in total. The minimum Gasteiger partial charge on any atom is -0.207 e. The van der Waals surface area contributed by atoms with Crippen LogP contribution in [-0.2, 0) is 10.0 Å². The van der Waals surface area contributed by atoms with Crippen molar-refractivity contribution in [1.82, 2.24) is 4.31 Å². The third-order valence-corrected chi connectivity index (χ3v) is 6.29. The zero-order valence-corrected chi connectivity index (χ0v) is 14.1. The fourth-order valence-electron chi connectivity index (χ4n) is 2.40. The van der Waals surface area contributed by atoms with E-state index < -0.39 is 10.0 Å². The van der Waals surface area contributed by atoms with Crippen LogP contribution in [0.15, 0.2) is 23.1 Å². The fraction of sp³-hybridized carbons (Fsp3) is 0.538. The predicted molar refractivity (Wildman–Crippen MR) is 83.3 cm³/mol. The molecule has 1 aliphatic rings. The Hall–Kier alpha value is -0.000000000000000111. The first kappa shape index (κ1) is 16.4. The van der Waals surface area contributed by atoms with Gasteiger partial charge in [0.05, 0.1) is 4.90 Å². The van der Waals surface area contributed by atoms with Crippen molar-refractivity contribution in [3.05, 3.63) is 28.2 Å². The summed E-state index contributed by atoms with van der Waals surface area (Å²) in [6.07, 6.45) is 1.55. The molecule has 1 aromatic rings. The van der Waals surface area contributed by atoms with E-state index in [1.807, 2.05) is 6.92 Å². The van der Waals surface area contributed by atoms with E-state index in [1.54, 1.807) is 0 Å². The minimum absolute atomic E-state index is 0.0699. The van der Waals surface area contributed by atoms with Crippen molar-refractivity contribution < 1.29 is 8.42 Å². The first-order valence-corrected chi connectivity index (χ1v) is 9.04. The minimum atomic E-state index is -3.53. The lowest BCUT2D eigenvalue weighted by molar-refractivity contribution is 0.271. The highest BCUT2D eigenvalue weighted by Gasteiger charge is 2.31. The summed E-state index contributed by atoms with van der Waals surface area (Å²) in [4.78, 5) is 0.146. The first-order chi connectivity index (χ1) is 9.30. The highest BCUT2D eigenvalue weighted by Crippen LogP contribution is 2.29. The van der Waals surface area contributed by atoms with Gasteiger partial charge in [-0.2, -0.15) is 4.31 Å². The zero-order chi connectivity index (χ0) is 14.9. The van der Waals surface area contributed by atoms with Crippen LogP contribution in [0.25, 0.3) is 0 Å². The van der Waals surface area contributed by atoms with Crippen molar-refractivity contribution in [3.63, 3.8) is 0 Å². The first-order valence-electron chi connectivity index (χ1n) is 6.41. The maximum Gasteiger partial charge on any atom is 0.243 e. The van der Waals surface area contributed by atoms with Gasteiger partial charge in [-0.25, -0.2) is 8.42 Å². The van der Waals surface area contributed by atoms with Gasteiger partial charge < -0.3 is 0 Å². The smallest absolute Gasteiger partial charge is 0.207 e. The number of halogens is 3. The molecule has 0 spiro atoms. The van der Waals surface area contributed by atoms with E-state index in [0.717, 1.165) is 12.8 Å². The lowest BCUT2D eigenvalue weighted by Crippen LogP contribution is -2.39. The molecule has 1 aliphatic heterocycles. The zero-order valence-electron chi connectivity index (χ0n) is 11.0. The Morgan fingerprint density at radius 3 is 2.10 bits per heavy atom. The molecule has 1 unspecified atom stereocenters. The van der Waals surface area contributed by atoms with Gasteiger partial charge >= 0.3 is 0 Å². The van der Waals surface area contributed by atoms with Crippen LogP contribution in [0.3, 0.4) is 0 Å². The van der Waals surface area contributed by atoms with Crippen LogP contribution in [0.5, 0.6) is 0 Å². The van der Waals surface area contributed by atoms with Crippen molar-refractivity contribution in [1.29, 1.82) is 0 Å². The molecule has 0 saturated carbocycles. The van der Waals surface area contributed by atoms with Crippen LogP contribution in [-0.4, -0.2) is 31.2 Å². The van der Waals surface area contributed by atoms with Gasteiger partial charge in [0.25, 0.3) is 0 Å². The van der Waals surface area contributed by atoms with Gasteiger partial charge in [0.15, 0.2) is 0 Å². The Bertz CT molecular complexity index is 561. The van der Waals surface area contributed by atoms with Crippen molar-refractivity contribution in [2.45, 2.75) is 30.0 Å². The number of rotatable bonds is 3. The molecule has 1 fully saturated rings. The van der Waals surface area contributed by atoms with Crippen LogP contribution in [0.4, 0.5) is 0 Å². The topological polar surface area (TPSA) is 37.4 Å². The van der Waals surface area contributed by atoms with Crippen LogP contribution in [0.1, 0.15) is 19.8 Å². The second kappa shape index (κ2) is 6.41. The molecule has 1 heterocycles. The molecule has 1 atom stereocenters. The van der Waals surface area contributed by atoms with E-state index >= 15 is 0 Å². The highest BCUT2D eigenvalue weighted by atomic mass is 35.5. The lowest BCUT2D eigenvalue weighted by Gasteiger charge is -2.32. The van der Waals surface area contributed by atoms with E-state index in [-0.39, 0.29) is 10.3 Å². The molecule has 2 rings (SSSR count). The molecule has 1 aromatic carbocycles. The van der Waals surface area contributed by atoms with E-state index in [4.69, 9.17) is 34.8 Å². The molecule has 0 bridgehead atoms. The Morgan fingerprint density at radius 1 is 1.15 bits per heavy atom. The quantitative estimate of drug-likeness (QED) is 0.767. The van der Waals surface area contributed by atoms with Crippen LogP contribution in [0, 0.1) is 5.92 Å². The van der Waals surface area contributed by atoms with Gasteiger partial charge in [-0.05, 0) is 43.9 Å². The third kappa shape index (κ3) is 3.60. The number of hydrogen-bond acceptors (Lipinski definition) is 2. The van der Waals surface area contributed by atoms with Gasteiger partial charge in [0.2, 0.25) is 10.0 Å². The highest BCUT2D eigenvalue weighted by molar-refractivity contribution is 7.89. The van der Waals surface area contributed by atoms with Gasteiger partial charge in [-0.1, -0.05) is 23.2 Å². The van der Waals surface area contributed by atoms with Crippen molar-refractivity contribution >= 4 is 44.8 Å². The summed E-state index contributed by atoms with van der Waals surface area (Å²) in [5, 5.41) is 0.709. The molecule has 0 aliphatic carbocycles. The monoisotopic (exact) mass is 355 g/mol. The molecule has 0 radical (unpaired) electrons. The van der Waals surface area contributed by atoms with E-state index in [0.29, 0.717) is 29.1 Å².